The van der Waals surface area contributed by atoms with Crippen molar-refractivity contribution in [2.24, 2.45) is 0 Å². The normalized spacial score (nSPS) is 15.4. The molecule has 0 saturated carbocycles. The standard InChI is InChI=1S/C22H20ClF2N3O4/c23-16-9-13(3-5-17(16)25)26-22(31)28(6-1-7-29)19-11-32-10-18-20(19)14-4-2-12(24)8-15(14)21(30)27-18/h2-5,8-9,19,29H,1,6-7,10-11H2,(H,26,31)(H,27,30)/t19-/m0/s1. The molecule has 1 aromatic heterocycles. The lowest BCUT2D eigenvalue weighted by Crippen LogP contribution is -2.43. The third-order valence-electron chi connectivity index (χ3n) is 5.33. The molecule has 2 amide bonds. The van der Waals surface area contributed by atoms with Crippen LogP contribution in [0.15, 0.2) is 41.2 Å². The minimum Gasteiger partial charge on any atom is -0.396 e. The Morgan fingerprint density at radius 3 is 2.81 bits per heavy atom. The largest absolute Gasteiger partial charge is 0.396 e. The smallest absolute Gasteiger partial charge is 0.322 e. The predicted octanol–water partition coefficient (Wildman–Crippen LogP) is 3.95. The molecule has 0 unspecified atom stereocenters. The van der Waals surface area contributed by atoms with E-state index in [2.05, 4.69) is 10.3 Å². The number of pyridine rings is 1. The second-order valence-electron chi connectivity index (χ2n) is 7.40. The number of nitrogens with zero attached hydrogens (tertiary/aromatic N) is 1. The summed E-state index contributed by atoms with van der Waals surface area (Å²) in [6, 6.07) is 6.59. The molecular formula is C22H20ClF2N3O4. The third-order valence-corrected chi connectivity index (χ3v) is 5.62. The van der Waals surface area contributed by atoms with E-state index in [0.717, 1.165) is 12.1 Å². The second kappa shape index (κ2) is 9.23. The second-order valence-corrected chi connectivity index (χ2v) is 7.80. The number of rotatable bonds is 5. The van der Waals surface area contributed by atoms with Gasteiger partial charge in [0.15, 0.2) is 0 Å². The zero-order chi connectivity index (χ0) is 22.8. The van der Waals surface area contributed by atoms with Crippen LogP contribution in [0.4, 0.5) is 19.3 Å². The highest BCUT2D eigenvalue weighted by molar-refractivity contribution is 6.31. The van der Waals surface area contributed by atoms with Crippen LogP contribution in [0.1, 0.15) is 23.7 Å². The van der Waals surface area contributed by atoms with Gasteiger partial charge in [-0.05, 0) is 42.1 Å². The zero-order valence-corrected chi connectivity index (χ0v) is 17.6. The summed E-state index contributed by atoms with van der Waals surface area (Å²) in [4.78, 5) is 29.8. The number of aromatic amines is 1. The number of nitrogens with one attached hydrogen (secondary N) is 2. The van der Waals surface area contributed by atoms with Gasteiger partial charge in [0.05, 0.1) is 29.7 Å². The van der Waals surface area contributed by atoms with Crippen LogP contribution in [0.25, 0.3) is 10.8 Å². The van der Waals surface area contributed by atoms with Crippen LogP contribution in [-0.4, -0.2) is 40.8 Å². The summed E-state index contributed by atoms with van der Waals surface area (Å²) in [6.45, 7) is 0.294. The van der Waals surface area contributed by atoms with Gasteiger partial charge in [-0.2, -0.15) is 0 Å². The minimum absolute atomic E-state index is 0.133. The molecular weight excluding hydrogens is 444 g/mol. The number of anilines is 1. The summed E-state index contributed by atoms with van der Waals surface area (Å²) in [7, 11) is 0. The van der Waals surface area contributed by atoms with Crippen LogP contribution < -0.4 is 10.9 Å². The van der Waals surface area contributed by atoms with Crippen LogP contribution >= 0.6 is 11.6 Å². The predicted molar refractivity (Wildman–Crippen MR) is 116 cm³/mol. The number of benzene rings is 2. The van der Waals surface area contributed by atoms with Gasteiger partial charge in [0, 0.05) is 30.1 Å². The summed E-state index contributed by atoms with van der Waals surface area (Å²) < 4.78 is 32.9. The molecule has 4 rings (SSSR count). The van der Waals surface area contributed by atoms with Crippen molar-refractivity contribution in [1.29, 1.82) is 0 Å². The first-order chi connectivity index (χ1) is 15.4. The van der Waals surface area contributed by atoms with Crippen molar-refractivity contribution < 1.29 is 23.4 Å². The van der Waals surface area contributed by atoms with E-state index in [1.54, 1.807) is 0 Å². The van der Waals surface area contributed by atoms with Crippen LogP contribution in [0.3, 0.4) is 0 Å². The Morgan fingerprint density at radius 1 is 1.25 bits per heavy atom. The van der Waals surface area contributed by atoms with E-state index in [4.69, 9.17) is 16.3 Å². The van der Waals surface area contributed by atoms with Crippen molar-refractivity contribution in [2.45, 2.75) is 19.1 Å². The summed E-state index contributed by atoms with van der Waals surface area (Å²) in [6.07, 6.45) is 0.291. The fourth-order valence-electron chi connectivity index (χ4n) is 3.88. The molecule has 0 bridgehead atoms. The average molecular weight is 464 g/mol. The Hall–Kier alpha value is -3.01. The number of aromatic nitrogens is 1. The maximum Gasteiger partial charge on any atom is 0.322 e. The highest BCUT2D eigenvalue weighted by atomic mass is 35.5. The van der Waals surface area contributed by atoms with Gasteiger partial charge in [0.2, 0.25) is 0 Å². The van der Waals surface area contributed by atoms with E-state index in [1.165, 1.54) is 29.2 Å². The molecule has 0 aliphatic carbocycles. The van der Waals surface area contributed by atoms with Gasteiger partial charge < -0.3 is 25.0 Å². The first kappa shape index (κ1) is 22.2. The van der Waals surface area contributed by atoms with Crippen LogP contribution in [-0.2, 0) is 11.3 Å². The third kappa shape index (κ3) is 4.32. The Labute approximate surface area is 186 Å². The van der Waals surface area contributed by atoms with E-state index in [1.807, 2.05) is 0 Å². The number of amides is 2. The van der Waals surface area contributed by atoms with Crippen molar-refractivity contribution >= 4 is 34.1 Å². The molecule has 1 atom stereocenters. The maximum absolute atomic E-state index is 13.8. The van der Waals surface area contributed by atoms with E-state index in [-0.39, 0.29) is 36.8 Å². The number of ether oxygens (including phenoxy) is 1. The fraction of sp³-hybridized carbons (Fsp3) is 0.273. The molecule has 32 heavy (non-hydrogen) atoms. The lowest BCUT2D eigenvalue weighted by Gasteiger charge is -2.36. The molecule has 0 saturated heterocycles. The first-order valence-electron chi connectivity index (χ1n) is 9.94. The summed E-state index contributed by atoms with van der Waals surface area (Å²) in [5.74, 6) is -1.16. The van der Waals surface area contributed by atoms with Gasteiger partial charge in [-0.3, -0.25) is 4.79 Å². The number of carbonyl (C=O) groups is 1. The molecule has 1 aliphatic heterocycles. The Kier molecular flexibility index (Phi) is 6.40. The Balaban J connectivity index is 1.75. The summed E-state index contributed by atoms with van der Waals surface area (Å²) >= 11 is 5.81. The van der Waals surface area contributed by atoms with E-state index < -0.39 is 29.3 Å². The number of halogens is 3. The minimum atomic E-state index is -0.619. The molecule has 2 heterocycles. The molecule has 0 fully saturated rings. The molecule has 7 nitrogen and oxygen atoms in total. The van der Waals surface area contributed by atoms with Crippen molar-refractivity contribution in [3.8, 4) is 0 Å². The van der Waals surface area contributed by atoms with Gasteiger partial charge in [-0.25, -0.2) is 13.6 Å². The van der Waals surface area contributed by atoms with Gasteiger partial charge >= 0.3 is 6.03 Å². The fourth-order valence-corrected chi connectivity index (χ4v) is 4.06. The highest BCUT2D eigenvalue weighted by Crippen LogP contribution is 2.34. The first-order valence-corrected chi connectivity index (χ1v) is 10.3. The number of hydrogen-bond donors (Lipinski definition) is 3. The molecule has 10 heteroatoms. The lowest BCUT2D eigenvalue weighted by atomic mass is 9.95. The van der Waals surface area contributed by atoms with Gasteiger partial charge in [0.1, 0.15) is 11.6 Å². The Bertz CT molecular complexity index is 1230. The maximum atomic E-state index is 13.8. The molecule has 2 aromatic carbocycles. The summed E-state index contributed by atoms with van der Waals surface area (Å²) in [5, 5.41) is 12.6. The highest BCUT2D eigenvalue weighted by Gasteiger charge is 2.32. The molecule has 0 radical (unpaired) electrons. The monoisotopic (exact) mass is 463 g/mol. The van der Waals surface area contributed by atoms with Gasteiger partial charge in [0.25, 0.3) is 5.56 Å². The number of fused-ring (bicyclic) bond motifs is 3. The van der Waals surface area contributed by atoms with Crippen molar-refractivity contribution in [3.63, 3.8) is 0 Å². The molecule has 1 aliphatic rings. The van der Waals surface area contributed by atoms with E-state index in [0.29, 0.717) is 28.8 Å². The van der Waals surface area contributed by atoms with E-state index in [9.17, 15) is 23.5 Å². The van der Waals surface area contributed by atoms with Crippen molar-refractivity contribution in [3.05, 3.63) is 74.7 Å². The van der Waals surface area contributed by atoms with Crippen LogP contribution in [0.5, 0.6) is 0 Å². The van der Waals surface area contributed by atoms with Crippen molar-refractivity contribution in [1.82, 2.24) is 9.88 Å². The van der Waals surface area contributed by atoms with Gasteiger partial charge in [-0.1, -0.05) is 17.7 Å². The SMILES string of the molecule is O=C(Nc1ccc(F)c(Cl)c1)N(CCCO)[C@H]1COCc2[nH]c(=O)c3cc(F)ccc3c21. The number of H-pyrrole nitrogens is 1. The average Bonchev–Trinajstić information content (AvgIpc) is 2.77. The van der Waals surface area contributed by atoms with Crippen molar-refractivity contribution in [2.75, 3.05) is 25.1 Å². The number of hydrogen-bond acceptors (Lipinski definition) is 4. The number of urea groups is 1. The zero-order valence-electron chi connectivity index (χ0n) is 16.8. The number of carbonyl (C=O) groups excluding carboxylic acids is 1. The Morgan fingerprint density at radius 2 is 2.06 bits per heavy atom. The summed E-state index contributed by atoms with van der Waals surface area (Å²) in [5.41, 5.74) is 0.989. The molecule has 3 N–H and O–H groups in total. The topological polar surface area (TPSA) is 94.7 Å². The molecule has 3 aromatic rings. The molecule has 168 valence electrons. The van der Waals surface area contributed by atoms with E-state index >= 15 is 0 Å². The number of aliphatic hydroxyl groups is 1. The lowest BCUT2D eigenvalue weighted by molar-refractivity contribution is 0.0440. The van der Waals surface area contributed by atoms with Crippen LogP contribution in [0.2, 0.25) is 5.02 Å². The van der Waals surface area contributed by atoms with Crippen LogP contribution in [0, 0.1) is 11.6 Å². The quantitative estimate of drug-likeness (QED) is 0.534. The molecule has 0 spiro atoms. The van der Waals surface area contributed by atoms with Gasteiger partial charge in [-0.15, -0.1) is 0 Å². The number of aliphatic hydroxyl groups excluding tert-OH is 1.